The van der Waals surface area contributed by atoms with E-state index in [-0.39, 0.29) is 11.6 Å². The summed E-state index contributed by atoms with van der Waals surface area (Å²) in [7, 11) is 2.81. The molecule has 112 valence electrons. The van der Waals surface area contributed by atoms with Gasteiger partial charge in [-0.05, 0) is 12.1 Å². The van der Waals surface area contributed by atoms with Crippen LogP contribution in [0.5, 0.6) is 0 Å². The first-order valence-corrected chi connectivity index (χ1v) is 6.65. The van der Waals surface area contributed by atoms with E-state index in [1.165, 1.54) is 23.6 Å². The molecule has 22 heavy (non-hydrogen) atoms. The Kier molecular flexibility index (Phi) is 3.05. The fraction of sp³-hybridized carbons (Fsp3) is 0.200. The van der Waals surface area contributed by atoms with Crippen molar-refractivity contribution in [2.75, 3.05) is 19.0 Å². The Labute approximate surface area is 126 Å². The van der Waals surface area contributed by atoms with E-state index in [2.05, 4.69) is 0 Å². The molecule has 0 bridgehead atoms. The van der Waals surface area contributed by atoms with Gasteiger partial charge in [-0.1, -0.05) is 18.2 Å². The molecule has 1 aromatic rings. The second-order valence-electron chi connectivity index (χ2n) is 5.11. The van der Waals surface area contributed by atoms with E-state index in [9.17, 15) is 19.5 Å². The number of carbonyl (C=O) groups excluding carboxylic acids is 3. The minimum absolute atomic E-state index is 0.143. The molecule has 2 aliphatic rings. The number of nitrogens with zero attached hydrogens (tertiary/aromatic N) is 3. The van der Waals surface area contributed by atoms with Crippen molar-refractivity contribution in [3.05, 3.63) is 42.2 Å². The highest BCUT2D eigenvalue weighted by molar-refractivity contribution is 6.29. The minimum atomic E-state index is -1.06. The molecule has 7 heteroatoms. The van der Waals surface area contributed by atoms with Gasteiger partial charge in [0.25, 0.3) is 0 Å². The van der Waals surface area contributed by atoms with Crippen LogP contribution in [0.2, 0.25) is 0 Å². The molecular weight excluding hydrogens is 286 g/mol. The summed E-state index contributed by atoms with van der Waals surface area (Å²) in [6.07, 6.45) is 1.01. The van der Waals surface area contributed by atoms with Crippen molar-refractivity contribution in [3.8, 4) is 0 Å². The lowest BCUT2D eigenvalue weighted by Gasteiger charge is -2.32. The number of imide groups is 1. The Morgan fingerprint density at radius 2 is 1.77 bits per heavy atom. The van der Waals surface area contributed by atoms with E-state index in [0.717, 1.165) is 11.0 Å². The molecule has 0 aromatic heterocycles. The number of carbonyl (C=O) groups is 3. The third-order valence-electron chi connectivity index (χ3n) is 3.78. The van der Waals surface area contributed by atoms with Crippen LogP contribution in [0.1, 0.15) is 0 Å². The van der Waals surface area contributed by atoms with Gasteiger partial charge in [-0.3, -0.25) is 9.59 Å². The van der Waals surface area contributed by atoms with Gasteiger partial charge >= 0.3 is 17.8 Å². The molecule has 2 aliphatic heterocycles. The number of hydrogen-bond donors (Lipinski definition) is 1. The van der Waals surface area contributed by atoms with Gasteiger partial charge in [0.05, 0.1) is 20.2 Å². The highest BCUT2D eigenvalue weighted by Gasteiger charge is 2.52. The Balaban J connectivity index is 2.26. The maximum Gasteiger partial charge on any atom is 0.445 e. The topological polar surface area (TPSA) is 80.9 Å². The summed E-state index contributed by atoms with van der Waals surface area (Å²) in [5.74, 6) is -2.36. The van der Waals surface area contributed by atoms with Crippen molar-refractivity contribution in [1.82, 2.24) is 4.90 Å². The third kappa shape index (κ3) is 1.82. The Hall–Kier alpha value is -2.96. The van der Waals surface area contributed by atoms with Crippen LogP contribution in [0.4, 0.5) is 10.5 Å². The molecule has 2 heterocycles. The summed E-state index contributed by atoms with van der Waals surface area (Å²) in [6, 6.07) is 8.12. The fourth-order valence-electron chi connectivity index (χ4n) is 2.68. The molecule has 0 saturated carbocycles. The van der Waals surface area contributed by atoms with Crippen LogP contribution in [-0.2, 0) is 9.59 Å². The standard InChI is InChI=1S/C15H13N3O4/c1-16-13-12(14(21)17(2)15(16)22)10(19)8-11(20)18(13)9-6-4-3-5-7-9/h3-8,12H,1-2H3/p+1. The molecule has 1 N–H and O–H groups in total. The van der Waals surface area contributed by atoms with E-state index >= 15 is 0 Å². The number of aliphatic hydroxyl groups excluding tert-OH is 1. The SMILES string of the molecule is CN1C(=O)C2C(O)=CC(=O)N(c3ccccc3)C2=[N+](C)C1=O. The number of rotatable bonds is 1. The average Bonchev–Trinajstić information content (AvgIpc) is 2.51. The quantitative estimate of drug-likeness (QED) is 0.775. The number of amidine groups is 1. The number of amides is 4. The van der Waals surface area contributed by atoms with E-state index in [0.29, 0.717) is 5.69 Å². The van der Waals surface area contributed by atoms with Gasteiger partial charge in [0, 0.05) is 0 Å². The van der Waals surface area contributed by atoms with Gasteiger partial charge in [0.1, 0.15) is 11.4 Å². The summed E-state index contributed by atoms with van der Waals surface area (Å²) in [6.45, 7) is 0. The van der Waals surface area contributed by atoms with E-state index in [4.69, 9.17) is 0 Å². The molecule has 0 spiro atoms. The number of hydrogen-bond acceptors (Lipinski definition) is 4. The number of para-hydroxylation sites is 1. The zero-order chi connectivity index (χ0) is 16.0. The molecule has 7 nitrogen and oxygen atoms in total. The highest BCUT2D eigenvalue weighted by atomic mass is 16.3. The molecule has 0 radical (unpaired) electrons. The number of fused-ring (bicyclic) bond motifs is 1. The first-order valence-electron chi connectivity index (χ1n) is 6.65. The maximum absolute atomic E-state index is 12.3. The molecular formula is C15H14N3O4+. The Morgan fingerprint density at radius 3 is 2.41 bits per heavy atom. The number of aliphatic hydroxyl groups is 1. The van der Waals surface area contributed by atoms with E-state index < -0.39 is 23.8 Å². The molecule has 0 saturated heterocycles. The van der Waals surface area contributed by atoms with Crippen LogP contribution in [0.15, 0.2) is 42.2 Å². The van der Waals surface area contributed by atoms with Crippen LogP contribution in [-0.4, -0.2) is 52.4 Å². The summed E-state index contributed by atoms with van der Waals surface area (Å²) in [4.78, 5) is 39.0. The summed E-state index contributed by atoms with van der Waals surface area (Å²) >= 11 is 0. The van der Waals surface area contributed by atoms with Gasteiger partial charge < -0.3 is 5.11 Å². The van der Waals surface area contributed by atoms with Crippen LogP contribution < -0.4 is 4.90 Å². The normalized spacial score (nSPS) is 22.0. The van der Waals surface area contributed by atoms with Crippen molar-refractivity contribution >= 4 is 29.4 Å². The van der Waals surface area contributed by atoms with Crippen LogP contribution in [0, 0.1) is 5.92 Å². The summed E-state index contributed by atoms with van der Waals surface area (Å²) in [5, 5.41) is 10.0. The van der Waals surface area contributed by atoms with Gasteiger partial charge in [0.15, 0.2) is 5.92 Å². The molecule has 1 unspecified atom stereocenters. The van der Waals surface area contributed by atoms with Crippen LogP contribution >= 0.6 is 0 Å². The lowest BCUT2D eigenvalue weighted by Crippen LogP contribution is -2.60. The maximum atomic E-state index is 12.3. The van der Waals surface area contributed by atoms with Gasteiger partial charge in [-0.25, -0.2) is 9.37 Å². The molecule has 3 rings (SSSR count). The van der Waals surface area contributed by atoms with Crippen molar-refractivity contribution < 1.29 is 24.1 Å². The first kappa shape index (κ1) is 14.0. The molecule has 1 atom stereocenters. The second kappa shape index (κ2) is 4.80. The van der Waals surface area contributed by atoms with Gasteiger partial charge in [-0.15, -0.1) is 0 Å². The zero-order valence-electron chi connectivity index (χ0n) is 12.1. The Morgan fingerprint density at radius 1 is 1.14 bits per heavy atom. The third-order valence-corrected chi connectivity index (χ3v) is 3.78. The summed E-state index contributed by atoms with van der Waals surface area (Å²) in [5.41, 5.74) is 0.522. The second-order valence-corrected chi connectivity index (χ2v) is 5.11. The average molecular weight is 300 g/mol. The number of benzene rings is 1. The van der Waals surface area contributed by atoms with Crippen molar-refractivity contribution in [3.63, 3.8) is 0 Å². The number of urea groups is 1. The molecule has 0 aliphatic carbocycles. The van der Waals surface area contributed by atoms with Gasteiger partial charge in [-0.2, -0.15) is 9.80 Å². The van der Waals surface area contributed by atoms with Crippen LogP contribution in [0.3, 0.4) is 0 Å². The van der Waals surface area contributed by atoms with Gasteiger partial charge in [0.2, 0.25) is 5.84 Å². The van der Waals surface area contributed by atoms with Crippen molar-refractivity contribution in [1.29, 1.82) is 0 Å². The molecule has 4 amide bonds. The largest absolute Gasteiger partial charge is 0.511 e. The first-order chi connectivity index (χ1) is 10.4. The smallest absolute Gasteiger partial charge is 0.445 e. The lowest BCUT2D eigenvalue weighted by molar-refractivity contribution is -0.407. The minimum Gasteiger partial charge on any atom is -0.511 e. The predicted octanol–water partition coefficient (Wildman–Crippen LogP) is 0.724. The zero-order valence-corrected chi connectivity index (χ0v) is 12.1. The lowest BCUT2D eigenvalue weighted by atomic mass is 9.96. The van der Waals surface area contributed by atoms with E-state index in [1.54, 1.807) is 30.3 Å². The fourth-order valence-corrected chi connectivity index (χ4v) is 2.68. The van der Waals surface area contributed by atoms with Crippen molar-refractivity contribution in [2.24, 2.45) is 5.92 Å². The predicted molar refractivity (Wildman–Crippen MR) is 77.5 cm³/mol. The number of anilines is 1. The van der Waals surface area contributed by atoms with Crippen LogP contribution in [0.25, 0.3) is 0 Å². The molecule has 1 aromatic carbocycles. The Bertz CT molecular complexity index is 751. The van der Waals surface area contributed by atoms with E-state index in [1.807, 2.05) is 0 Å². The molecule has 0 fully saturated rings. The summed E-state index contributed by atoms with van der Waals surface area (Å²) < 4.78 is 1.21. The monoisotopic (exact) mass is 300 g/mol. The van der Waals surface area contributed by atoms with Crippen molar-refractivity contribution in [2.45, 2.75) is 0 Å². The highest BCUT2D eigenvalue weighted by Crippen LogP contribution is 2.29.